The minimum absolute atomic E-state index is 0.0222. The molecule has 0 aromatic heterocycles. The molecule has 9 nitrogen and oxygen atoms in total. The van der Waals surface area contributed by atoms with Crippen LogP contribution in [0.3, 0.4) is 0 Å². The predicted molar refractivity (Wildman–Crippen MR) is 111 cm³/mol. The molecule has 0 spiro atoms. The largest absolute Gasteiger partial charge is 0.342 e. The number of nitrogens with zero attached hydrogens (tertiary/aromatic N) is 2. The molecule has 6 atom stereocenters. The van der Waals surface area contributed by atoms with E-state index in [1.165, 1.54) is 12.8 Å². The fourth-order valence-electron chi connectivity index (χ4n) is 5.70. The van der Waals surface area contributed by atoms with Gasteiger partial charge in [-0.05, 0) is 66.5 Å². The van der Waals surface area contributed by atoms with Crippen LogP contribution < -0.4 is 5.32 Å². The second kappa shape index (κ2) is 8.11. The molecule has 31 heavy (non-hydrogen) atoms. The molecule has 5 fully saturated rings. The predicted octanol–water partition coefficient (Wildman–Crippen LogP) is 1.65. The van der Waals surface area contributed by atoms with Crippen molar-refractivity contribution in [3.05, 3.63) is 0 Å². The molecular weight excluding hydrogens is 402 g/mol. The van der Waals surface area contributed by atoms with Crippen molar-refractivity contribution in [3.8, 4) is 0 Å². The van der Waals surface area contributed by atoms with Crippen LogP contribution in [0, 0.1) is 0 Å². The van der Waals surface area contributed by atoms with Crippen molar-refractivity contribution in [2.75, 3.05) is 32.7 Å². The molecule has 5 saturated heterocycles. The molecule has 0 aromatic carbocycles. The number of fused-ring (bicyclic) bond motifs is 3. The number of carbonyl (C=O) groups is 1. The topological polar surface area (TPSA) is 81.7 Å². The maximum atomic E-state index is 13.0. The average molecular weight is 440 g/mol. The molecule has 9 heteroatoms. The lowest BCUT2D eigenvalue weighted by molar-refractivity contribution is -0.232. The van der Waals surface area contributed by atoms with Crippen molar-refractivity contribution in [1.82, 2.24) is 15.1 Å². The van der Waals surface area contributed by atoms with Crippen LogP contribution in [-0.4, -0.2) is 96.9 Å². The Morgan fingerprint density at radius 2 is 1.58 bits per heavy atom. The van der Waals surface area contributed by atoms with Crippen molar-refractivity contribution in [2.24, 2.45) is 0 Å². The lowest BCUT2D eigenvalue weighted by Gasteiger charge is -2.37. The number of hydrogen-bond acceptors (Lipinski definition) is 7. The van der Waals surface area contributed by atoms with Gasteiger partial charge in [0.2, 0.25) is 0 Å². The molecule has 5 aliphatic rings. The molecule has 0 aromatic rings. The van der Waals surface area contributed by atoms with E-state index in [9.17, 15) is 4.79 Å². The molecule has 2 amide bonds. The average Bonchev–Trinajstić information content (AvgIpc) is 3.45. The number of amides is 2. The highest BCUT2D eigenvalue weighted by Crippen LogP contribution is 2.44. The number of hydrogen-bond donors (Lipinski definition) is 1. The smallest absolute Gasteiger partial charge is 0.317 e. The quantitative estimate of drug-likeness (QED) is 0.713. The van der Waals surface area contributed by atoms with Gasteiger partial charge in [0.25, 0.3) is 0 Å². The van der Waals surface area contributed by atoms with E-state index < -0.39 is 17.9 Å². The first-order chi connectivity index (χ1) is 14.7. The Bertz CT molecular complexity index is 682. The number of urea groups is 1. The van der Waals surface area contributed by atoms with Crippen LogP contribution in [0.4, 0.5) is 4.79 Å². The number of ether oxygens (including phenoxy) is 5. The third-order valence-electron chi connectivity index (χ3n) is 7.01. The van der Waals surface area contributed by atoms with Gasteiger partial charge in [-0.2, -0.15) is 0 Å². The SMILES string of the molecule is CC1(C)O[C@H]2[C@@H](O1)[C@@H](CNC(=O)N1CCCC1CN1CCCC1)O[C@@H]1OC(C)(C)O[C@@H]12. The van der Waals surface area contributed by atoms with Gasteiger partial charge in [0.1, 0.15) is 24.4 Å². The summed E-state index contributed by atoms with van der Waals surface area (Å²) >= 11 is 0. The van der Waals surface area contributed by atoms with Gasteiger partial charge >= 0.3 is 6.03 Å². The first kappa shape index (κ1) is 21.9. The Morgan fingerprint density at radius 1 is 0.903 bits per heavy atom. The van der Waals surface area contributed by atoms with Gasteiger partial charge in [0.05, 0.1) is 0 Å². The van der Waals surface area contributed by atoms with Crippen LogP contribution in [-0.2, 0) is 23.7 Å². The molecule has 5 rings (SSSR count). The van der Waals surface area contributed by atoms with Crippen molar-refractivity contribution in [3.63, 3.8) is 0 Å². The van der Waals surface area contributed by atoms with Crippen molar-refractivity contribution >= 4 is 6.03 Å². The lowest BCUT2D eigenvalue weighted by atomic mass is 9.99. The van der Waals surface area contributed by atoms with E-state index in [0.717, 1.165) is 39.0 Å². The second-order valence-corrected chi connectivity index (χ2v) is 10.4. The molecule has 5 heterocycles. The fraction of sp³-hybridized carbons (Fsp3) is 0.955. The number of likely N-dealkylation sites (tertiary alicyclic amines) is 2. The number of carbonyl (C=O) groups excluding carboxylic acids is 1. The van der Waals surface area contributed by atoms with E-state index in [2.05, 4.69) is 10.2 Å². The third kappa shape index (κ3) is 4.45. The highest BCUT2D eigenvalue weighted by atomic mass is 16.9. The van der Waals surface area contributed by atoms with Gasteiger partial charge in [-0.25, -0.2) is 4.79 Å². The summed E-state index contributed by atoms with van der Waals surface area (Å²) in [6, 6.07) is 0.269. The number of rotatable bonds is 4. The molecule has 0 radical (unpaired) electrons. The van der Waals surface area contributed by atoms with Gasteiger partial charge in [-0.3, -0.25) is 0 Å². The Balaban J connectivity index is 1.21. The molecule has 1 unspecified atom stereocenters. The first-order valence-electron chi connectivity index (χ1n) is 11.8. The van der Waals surface area contributed by atoms with Gasteiger partial charge in [-0.15, -0.1) is 0 Å². The number of nitrogens with one attached hydrogen (secondary N) is 1. The summed E-state index contributed by atoms with van der Waals surface area (Å²) in [6.45, 7) is 12.0. The van der Waals surface area contributed by atoms with Crippen LogP contribution >= 0.6 is 0 Å². The highest BCUT2D eigenvalue weighted by molar-refractivity contribution is 5.75. The van der Waals surface area contributed by atoms with Gasteiger partial charge < -0.3 is 38.8 Å². The molecule has 0 bridgehead atoms. The maximum Gasteiger partial charge on any atom is 0.317 e. The van der Waals surface area contributed by atoms with Crippen molar-refractivity contribution in [2.45, 2.75) is 102 Å². The van der Waals surface area contributed by atoms with Crippen molar-refractivity contribution in [1.29, 1.82) is 0 Å². The summed E-state index contributed by atoms with van der Waals surface area (Å²) in [5.74, 6) is -1.48. The molecule has 0 aliphatic carbocycles. The van der Waals surface area contributed by atoms with Crippen LogP contribution in [0.5, 0.6) is 0 Å². The summed E-state index contributed by atoms with van der Waals surface area (Å²) < 4.78 is 30.5. The van der Waals surface area contributed by atoms with E-state index in [1.54, 1.807) is 0 Å². The Morgan fingerprint density at radius 3 is 2.35 bits per heavy atom. The molecule has 176 valence electrons. The molecule has 5 aliphatic heterocycles. The normalized spacial score (nSPS) is 41.4. The standard InChI is InChI=1S/C22H37N3O6/c1-21(2)28-16-15(27-19-18(17(16)29-21)30-22(3,4)31-19)12-23-20(26)25-11-7-8-14(25)13-24-9-5-6-10-24/h14-19H,5-13H2,1-4H3,(H,23,26)/t14?,15-,16+,17+,18-,19-/m1/s1. The zero-order valence-electron chi connectivity index (χ0n) is 19.2. The summed E-state index contributed by atoms with van der Waals surface area (Å²) in [7, 11) is 0. The second-order valence-electron chi connectivity index (χ2n) is 10.4. The van der Waals surface area contributed by atoms with Gasteiger partial charge in [0, 0.05) is 25.7 Å². The first-order valence-corrected chi connectivity index (χ1v) is 11.8. The zero-order chi connectivity index (χ0) is 21.8. The summed E-state index contributed by atoms with van der Waals surface area (Å²) in [4.78, 5) is 17.5. The summed E-state index contributed by atoms with van der Waals surface area (Å²) in [5.41, 5.74) is 0. The van der Waals surface area contributed by atoms with Crippen LogP contribution in [0.2, 0.25) is 0 Å². The van der Waals surface area contributed by atoms with Gasteiger partial charge in [0.15, 0.2) is 17.9 Å². The lowest BCUT2D eigenvalue weighted by Crippen LogP contribution is -2.58. The summed E-state index contributed by atoms with van der Waals surface area (Å²) in [6.07, 6.45) is 2.79. The molecule has 1 N–H and O–H groups in total. The fourth-order valence-corrected chi connectivity index (χ4v) is 5.70. The van der Waals surface area contributed by atoms with Crippen LogP contribution in [0.1, 0.15) is 53.4 Å². The maximum absolute atomic E-state index is 13.0. The van der Waals surface area contributed by atoms with E-state index in [1.807, 2.05) is 32.6 Å². The van der Waals surface area contributed by atoms with Crippen LogP contribution in [0.25, 0.3) is 0 Å². The monoisotopic (exact) mass is 439 g/mol. The third-order valence-corrected chi connectivity index (χ3v) is 7.01. The van der Waals surface area contributed by atoms with Gasteiger partial charge in [-0.1, -0.05) is 0 Å². The van der Waals surface area contributed by atoms with E-state index in [-0.39, 0.29) is 30.4 Å². The Hall–Kier alpha value is -0.970. The Labute approximate surface area is 184 Å². The van der Waals surface area contributed by atoms with E-state index >= 15 is 0 Å². The van der Waals surface area contributed by atoms with Crippen LogP contribution in [0.15, 0.2) is 0 Å². The molecule has 0 saturated carbocycles. The highest BCUT2D eigenvalue weighted by Gasteiger charge is 2.60. The van der Waals surface area contributed by atoms with Crippen molar-refractivity contribution < 1.29 is 28.5 Å². The minimum Gasteiger partial charge on any atom is -0.342 e. The minimum atomic E-state index is -0.744. The Kier molecular flexibility index (Phi) is 5.72. The van der Waals surface area contributed by atoms with E-state index in [0.29, 0.717) is 12.6 Å². The summed E-state index contributed by atoms with van der Waals surface area (Å²) in [5, 5.41) is 3.10. The zero-order valence-corrected chi connectivity index (χ0v) is 19.2. The molecular formula is C22H37N3O6. The van der Waals surface area contributed by atoms with E-state index in [4.69, 9.17) is 23.7 Å².